The first kappa shape index (κ1) is 13.5. The second-order valence-corrected chi connectivity index (χ2v) is 6.12. The van der Waals surface area contributed by atoms with Gasteiger partial charge < -0.3 is 9.32 Å². The lowest BCUT2D eigenvalue weighted by molar-refractivity contribution is 0.562. The summed E-state index contributed by atoms with van der Waals surface area (Å²) < 4.78 is 7.34. The zero-order chi connectivity index (χ0) is 15.9. The number of anilines is 1. The number of rotatable bonds is 2. The van der Waals surface area contributed by atoms with Crippen LogP contribution in [0.25, 0.3) is 28.1 Å². The lowest BCUT2D eigenvalue weighted by Gasteiger charge is -2.27. The van der Waals surface area contributed by atoms with Crippen LogP contribution < -0.4 is 4.90 Å². The molecule has 0 bridgehead atoms. The fourth-order valence-corrected chi connectivity index (χ4v) is 3.35. The molecule has 0 atom stereocenters. The number of furan rings is 1. The van der Waals surface area contributed by atoms with Crippen molar-refractivity contribution in [3.8, 4) is 11.6 Å². The summed E-state index contributed by atoms with van der Waals surface area (Å²) >= 11 is 0. The highest BCUT2D eigenvalue weighted by molar-refractivity contribution is 5.92. The van der Waals surface area contributed by atoms with Gasteiger partial charge in [-0.05, 0) is 43.5 Å². The summed E-state index contributed by atoms with van der Waals surface area (Å²) in [5.41, 5.74) is 1.77. The van der Waals surface area contributed by atoms with E-state index in [1.54, 1.807) is 6.26 Å². The van der Waals surface area contributed by atoms with E-state index in [0.717, 1.165) is 35.6 Å². The highest BCUT2D eigenvalue weighted by atomic mass is 16.3. The van der Waals surface area contributed by atoms with Crippen molar-refractivity contribution in [2.45, 2.75) is 19.3 Å². The predicted molar refractivity (Wildman–Crippen MR) is 92.1 cm³/mol. The summed E-state index contributed by atoms with van der Waals surface area (Å²) in [6.45, 7) is 2.02. The number of hydrogen-bond acceptors (Lipinski definition) is 5. The predicted octanol–water partition coefficient (Wildman–Crippen LogP) is 3.53. The van der Waals surface area contributed by atoms with Crippen LogP contribution in [0.2, 0.25) is 0 Å². The van der Waals surface area contributed by atoms with Gasteiger partial charge in [-0.15, -0.1) is 5.10 Å². The molecule has 6 nitrogen and oxygen atoms in total. The number of fused-ring (bicyclic) bond motifs is 3. The topological polar surface area (TPSA) is 59.5 Å². The number of aromatic nitrogens is 4. The number of hydrogen-bond donors (Lipinski definition) is 0. The molecular formula is C18H17N5O. The Morgan fingerprint density at radius 1 is 0.917 bits per heavy atom. The van der Waals surface area contributed by atoms with Crippen LogP contribution in [-0.4, -0.2) is 32.7 Å². The SMILES string of the molecule is c1coc(-c2nc3c4ccccc4nc(N4CCCCC4)n3n2)c1. The van der Waals surface area contributed by atoms with Crippen molar-refractivity contribution >= 4 is 22.5 Å². The van der Waals surface area contributed by atoms with Crippen molar-refractivity contribution in [2.75, 3.05) is 18.0 Å². The minimum absolute atomic E-state index is 0.594. The van der Waals surface area contributed by atoms with Crippen molar-refractivity contribution in [2.24, 2.45) is 0 Å². The lowest BCUT2D eigenvalue weighted by atomic mass is 10.1. The third kappa shape index (κ3) is 2.06. The third-order valence-corrected chi connectivity index (χ3v) is 4.54. The molecule has 6 heteroatoms. The van der Waals surface area contributed by atoms with Gasteiger partial charge in [0, 0.05) is 18.5 Å². The Morgan fingerprint density at radius 3 is 2.62 bits per heavy atom. The quantitative estimate of drug-likeness (QED) is 0.566. The van der Waals surface area contributed by atoms with Crippen molar-refractivity contribution in [1.82, 2.24) is 19.6 Å². The first-order valence-electron chi connectivity index (χ1n) is 8.34. The number of para-hydroxylation sites is 1. The number of benzene rings is 1. The van der Waals surface area contributed by atoms with Gasteiger partial charge in [-0.2, -0.15) is 4.52 Å². The maximum Gasteiger partial charge on any atom is 0.229 e. The minimum Gasteiger partial charge on any atom is -0.461 e. The Labute approximate surface area is 138 Å². The van der Waals surface area contributed by atoms with E-state index in [9.17, 15) is 0 Å². The summed E-state index contributed by atoms with van der Waals surface area (Å²) in [6.07, 6.45) is 5.30. The Balaban J connectivity index is 1.79. The Morgan fingerprint density at radius 2 is 1.79 bits per heavy atom. The zero-order valence-corrected chi connectivity index (χ0v) is 13.2. The van der Waals surface area contributed by atoms with E-state index >= 15 is 0 Å². The molecule has 0 aliphatic carbocycles. The van der Waals surface area contributed by atoms with Crippen LogP contribution in [0.15, 0.2) is 47.1 Å². The summed E-state index contributed by atoms with van der Waals surface area (Å²) in [5, 5.41) is 5.69. The summed E-state index contributed by atoms with van der Waals surface area (Å²) in [7, 11) is 0. The van der Waals surface area contributed by atoms with Crippen molar-refractivity contribution in [3.05, 3.63) is 42.7 Å². The molecule has 0 unspecified atom stereocenters. The summed E-state index contributed by atoms with van der Waals surface area (Å²) in [4.78, 5) is 11.9. The van der Waals surface area contributed by atoms with E-state index in [1.807, 2.05) is 40.9 Å². The molecule has 0 amide bonds. The molecule has 1 aromatic carbocycles. The van der Waals surface area contributed by atoms with E-state index < -0.39 is 0 Å². The van der Waals surface area contributed by atoms with Gasteiger partial charge in [-0.1, -0.05) is 12.1 Å². The largest absolute Gasteiger partial charge is 0.461 e. The fraction of sp³-hybridized carbons (Fsp3) is 0.278. The molecule has 1 aliphatic heterocycles. The molecule has 0 spiro atoms. The smallest absolute Gasteiger partial charge is 0.229 e. The summed E-state index contributed by atoms with van der Waals surface area (Å²) in [5.74, 6) is 2.14. The van der Waals surface area contributed by atoms with E-state index in [-0.39, 0.29) is 0 Å². The first-order chi connectivity index (χ1) is 11.9. The highest BCUT2D eigenvalue weighted by Crippen LogP contribution is 2.27. The third-order valence-electron chi connectivity index (χ3n) is 4.54. The normalized spacial score (nSPS) is 15.4. The van der Waals surface area contributed by atoms with Crippen LogP contribution in [-0.2, 0) is 0 Å². The average Bonchev–Trinajstić information content (AvgIpc) is 3.31. The Bertz CT molecular complexity index is 999. The monoisotopic (exact) mass is 319 g/mol. The van der Waals surface area contributed by atoms with Gasteiger partial charge >= 0.3 is 0 Å². The zero-order valence-electron chi connectivity index (χ0n) is 13.2. The molecule has 3 aromatic heterocycles. The molecule has 120 valence electrons. The average molecular weight is 319 g/mol. The van der Waals surface area contributed by atoms with E-state index in [4.69, 9.17) is 14.4 Å². The van der Waals surface area contributed by atoms with Crippen molar-refractivity contribution in [1.29, 1.82) is 0 Å². The van der Waals surface area contributed by atoms with E-state index in [0.29, 0.717) is 11.6 Å². The Kier molecular flexibility index (Phi) is 3.01. The molecule has 4 aromatic rings. The second kappa shape index (κ2) is 5.33. The molecule has 24 heavy (non-hydrogen) atoms. The van der Waals surface area contributed by atoms with Crippen LogP contribution in [0.3, 0.4) is 0 Å². The van der Waals surface area contributed by atoms with Gasteiger partial charge in [-0.3, -0.25) is 0 Å². The van der Waals surface area contributed by atoms with Crippen molar-refractivity contribution < 1.29 is 4.42 Å². The molecule has 1 fully saturated rings. The minimum atomic E-state index is 0.594. The summed E-state index contributed by atoms with van der Waals surface area (Å²) in [6, 6.07) is 11.8. The van der Waals surface area contributed by atoms with Gasteiger partial charge in [0.05, 0.1) is 11.8 Å². The molecule has 0 N–H and O–H groups in total. The van der Waals surface area contributed by atoms with Gasteiger partial charge in [0.2, 0.25) is 11.8 Å². The van der Waals surface area contributed by atoms with Crippen LogP contribution in [0.4, 0.5) is 5.95 Å². The van der Waals surface area contributed by atoms with Gasteiger partial charge in [-0.25, -0.2) is 9.97 Å². The highest BCUT2D eigenvalue weighted by Gasteiger charge is 2.20. The molecule has 4 heterocycles. The molecular weight excluding hydrogens is 302 g/mol. The molecule has 1 saturated heterocycles. The van der Waals surface area contributed by atoms with Gasteiger partial charge in [0.25, 0.3) is 0 Å². The lowest BCUT2D eigenvalue weighted by Crippen LogP contribution is -2.32. The van der Waals surface area contributed by atoms with Gasteiger partial charge in [0.15, 0.2) is 11.4 Å². The van der Waals surface area contributed by atoms with Gasteiger partial charge in [0.1, 0.15) is 0 Å². The Hall–Kier alpha value is -2.89. The standard InChI is InChI=1S/C18H17N5O/c1-4-10-22(11-5-1)18-19-14-8-3-2-7-13(14)17-20-16(21-23(17)18)15-9-6-12-24-15/h2-3,6-9,12H,1,4-5,10-11H2. The van der Waals surface area contributed by atoms with Crippen LogP contribution in [0.5, 0.6) is 0 Å². The van der Waals surface area contributed by atoms with Crippen molar-refractivity contribution in [3.63, 3.8) is 0 Å². The maximum atomic E-state index is 5.47. The van der Waals surface area contributed by atoms with Crippen LogP contribution in [0.1, 0.15) is 19.3 Å². The maximum absolute atomic E-state index is 5.47. The number of nitrogens with zero attached hydrogens (tertiary/aromatic N) is 5. The van der Waals surface area contributed by atoms with Crippen LogP contribution >= 0.6 is 0 Å². The van der Waals surface area contributed by atoms with E-state index in [2.05, 4.69) is 10.00 Å². The molecule has 0 radical (unpaired) electrons. The second-order valence-electron chi connectivity index (χ2n) is 6.12. The molecule has 1 aliphatic rings. The molecule has 0 saturated carbocycles. The molecule has 5 rings (SSSR count). The van der Waals surface area contributed by atoms with Crippen LogP contribution in [0, 0.1) is 0 Å². The van der Waals surface area contributed by atoms with E-state index in [1.165, 1.54) is 19.3 Å². The first-order valence-corrected chi connectivity index (χ1v) is 8.34. The number of piperidine rings is 1. The fourth-order valence-electron chi connectivity index (χ4n) is 3.35.